The van der Waals surface area contributed by atoms with Crippen LogP contribution in [0.15, 0.2) is 0 Å². The summed E-state index contributed by atoms with van der Waals surface area (Å²) in [4.78, 5) is 12.7. The SMILES string of the molecule is CCC(CC)N(CC(=O)O)C(C)C. The van der Waals surface area contributed by atoms with Gasteiger partial charge in [0.25, 0.3) is 0 Å². The van der Waals surface area contributed by atoms with E-state index in [9.17, 15) is 4.79 Å². The molecule has 78 valence electrons. The van der Waals surface area contributed by atoms with Gasteiger partial charge in [-0.2, -0.15) is 0 Å². The van der Waals surface area contributed by atoms with Gasteiger partial charge in [0.2, 0.25) is 0 Å². The van der Waals surface area contributed by atoms with Crippen molar-refractivity contribution in [1.29, 1.82) is 0 Å². The van der Waals surface area contributed by atoms with Crippen molar-refractivity contribution in [1.82, 2.24) is 4.90 Å². The van der Waals surface area contributed by atoms with Crippen LogP contribution in [0, 0.1) is 0 Å². The Morgan fingerprint density at radius 3 is 2.00 bits per heavy atom. The van der Waals surface area contributed by atoms with Gasteiger partial charge in [-0.3, -0.25) is 9.69 Å². The highest BCUT2D eigenvalue weighted by atomic mass is 16.4. The zero-order chi connectivity index (χ0) is 10.4. The van der Waals surface area contributed by atoms with Crippen LogP contribution in [0.2, 0.25) is 0 Å². The number of aliphatic carboxylic acids is 1. The first kappa shape index (κ1) is 12.4. The molecule has 0 aromatic carbocycles. The lowest BCUT2D eigenvalue weighted by molar-refractivity contribution is -0.139. The number of carbonyl (C=O) groups is 1. The Kier molecular flexibility index (Phi) is 5.71. The van der Waals surface area contributed by atoms with E-state index in [0.717, 1.165) is 12.8 Å². The largest absolute Gasteiger partial charge is 0.480 e. The molecule has 0 radical (unpaired) electrons. The van der Waals surface area contributed by atoms with Gasteiger partial charge in [0.15, 0.2) is 0 Å². The second-order valence-corrected chi connectivity index (χ2v) is 3.63. The molecular weight excluding hydrogens is 166 g/mol. The van der Waals surface area contributed by atoms with Crippen LogP contribution in [0.5, 0.6) is 0 Å². The summed E-state index contributed by atoms with van der Waals surface area (Å²) in [6.45, 7) is 8.45. The van der Waals surface area contributed by atoms with Crippen molar-refractivity contribution in [3.05, 3.63) is 0 Å². The van der Waals surface area contributed by atoms with Gasteiger partial charge in [-0.05, 0) is 26.7 Å². The Balaban J connectivity index is 4.29. The van der Waals surface area contributed by atoms with E-state index >= 15 is 0 Å². The number of hydrogen-bond donors (Lipinski definition) is 1. The molecule has 0 fully saturated rings. The predicted molar refractivity (Wildman–Crippen MR) is 53.8 cm³/mol. The van der Waals surface area contributed by atoms with Gasteiger partial charge in [-0.1, -0.05) is 13.8 Å². The molecule has 3 nitrogen and oxygen atoms in total. The quantitative estimate of drug-likeness (QED) is 0.691. The smallest absolute Gasteiger partial charge is 0.317 e. The summed E-state index contributed by atoms with van der Waals surface area (Å²) in [5, 5.41) is 8.73. The second-order valence-electron chi connectivity index (χ2n) is 3.63. The zero-order valence-corrected chi connectivity index (χ0v) is 9.08. The van der Waals surface area contributed by atoms with Gasteiger partial charge < -0.3 is 5.11 Å². The van der Waals surface area contributed by atoms with Crippen LogP contribution >= 0.6 is 0 Å². The topological polar surface area (TPSA) is 40.5 Å². The molecule has 0 aliphatic heterocycles. The molecule has 0 aliphatic rings. The maximum absolute atomic E-state index is 10.6. The van der Waals surface area contributed by atoms with E-state index in [2.05, 4.69) is 13.8 Å². The summed E-state index contributed by atoms with van der Waals surface area (Å²) >= 11 is 0. The van der Waals surface area contributed by atoms with Gasteiger partial charge in [-0.25, -0.2) is 0 Å². The molecule has 0 heterocycles. The minimum absolute atomic E-state index is 0.157. The first-order valence-corrected chi connectivity index (χ1v) is 5.00. The predicted octanol–water partition coefficient (Wildman–Crippen LogP) is 1.97. The monoisotopic (exact) mass is 187 g/mol. The Hall–Kier alpha value is -0.570. The molecule has 0 bridgehead atoms. The fourth-order valence-electron chi connectivity index (χ4n) is 1.65. The first-order valence-electron chi connectivity index (χ1n) is 5.00. The molecule has 0 aromatic heterocycles. The minimum atomic E-state index is -0.736. The Morgan fingerprint density at radius 1 is 1.31 bits per heavy atom. The molecule has 0 spiro atoms. The minimum Gasteiger partial charge on any atom is -0.480 e. The molecule has 0 atom stereocenters. The summed E-state index contributed by atoms with van der Waals surface area (Å²) in [5.41, 5.74) is 0. The molecule has 3 heteroatoms. The maximum Gasteiger partial charge on any atom is 0.317 e. The van der Waals surface area contributed by atoms with E-state index in [4.69, 9.17) is 5.11 Å². The molecule has 0 saturated heterocycles. The molecule has 0 amide bonds. The maximum atomic E-state index is 10.6. The van der Waals surface area contributed by atoms with Crippen LogP contribution in [0.25, 0.3) is 0 Å². The van der Waals surface area contributed by atoms with Gasteiger partial charge in [0.1, 0.15) is 0 Å². The van der Waals surface area contributed by atoms with Crippen molar-refractivity contribution < 1.29 is 9.90 Å². The summed E-state index contributed by atoms with van der Waals surface area (Å²) < 4.78 is 0. The van der Waals surface area contributed by atoms with Crippen molar-refractivity contribution >= 4 is 5.97 Å². The third kappa shape index (κ3) is 4.27. The van der Waals surface area contributed by atoms with Crippen LogP contribution in [-0.2, 0) is 4.79 Å². The molecular formula is C10H21NO2. The van der Waals surface area contributed by atoms with Gasteiger partial charge in [0.05, 0.1) is 6.54 Å². The van der Waals surface area contributed by atoms with Crippen molar-refractivity contribution in [3.8, 4) is 0 Å². The average molecular weight is 187 g/mol. The highest BCUT2D eigenvalue weighted by molar-refractivity contribution is 5.69. The molecule has 1 N–H and O–H groups in total. The van der Waals surface area contributed by atoms with Crippen LogP contribution < -0.4 is 0 Å². The highest BCUT2D eigenvalue weighted by Crippen LogP contribution is 2.11. The van der Waals surface area contributed by atoms with Crippen molar-refractivity contribution in [2.75, 3.05) is 6.54 Å². The normalized spacial score (nSPS) is 11.6. The number of rotatable bonds is 6. The Bertz CT molecular complexity index is 153. The van der Waals surface area contributed by atoms with E-state index in [0.29, 0.717) is 12.1 Å². The lowest BCUT2D eigenvalue weighted by Crippen LogP contribution is -2.43. The number of nitrogens with zero attached hydrogens (tertiary/aromatic N) is 1. The third-order valence-corrected chi connectivity index (χ3v) is 2.39. The van der Waals surface area contributed by atoms with Gasteiger partial charge >= 0.3 is 5.97 Å². The summed E-state index contributed by atoms with van der Waals surface area (Å²) in [5.74, 6) is -0.736. The summed E-state index contributed by atoms with van der Waals surface area (Å²) in [6, 6.07) is 0.706. The van der Waals surface area contributed by atoms with Crippen LogP contribution in [0.1, 0.15) is 40.5 Å². The fraction of sp³-hybridized carbons (Fsp3) is 0.900. The molecule has 0 unspecified atom stereocenters. The second kappa shape index (κ2) is 5.97. The lowest BCUT2D eigenvalue weighted by Gasteiger charge is -2.32. The first-order chi connectivity index (χ1) is 6.02. The third-order valence-electron chi connectivity index (χ3n) is 2.39. The zero-order valence-electron chi connectivity index (χ0n) is 9.08. The molecule has 0 aromatic rings. The van der Waals surface area contributed by atoms with Gasteiger partial charge in [0, 0.05) is 12.1 Å². The number of carboxylic acid groups (broad SMARTS) is 1. The van der Waals surface area contributed by atoms with Crippen molar-refractivity contribution in [2.24, 2.45) is 0 Å². The standard InChI is InChI=1S/C10H21NO2/c1-5-9(6-2)11(8(3)4)7-10(12)13/h8-9H,5-7H2,1-4H3,(H,12,13). The number of hydrogen-bond acceptors (Lipinski definition) is 2. The number of carboxylic acids is 1. The van der Waals surface area contributed by atoms with E-state index in [-0.39, 0.29) is 6.54 Å². The van der Waals surface area contributed by atoms with Crippen LogP contribution in [0.3, 0.4) is 0 Å². The highest BCUT2D eigenvalue weighted by Gasteiger charge is 2.20. The van der Waals surface area contributed by atoms with Crippen molar-refractivity contribution in [3.63, 3.8) is 0 Å². The average Bonchev–Trinajstić information content (AvgIpc) is 2.04. The van der Waals surface area contributed by atoms with E-state index in [1.165, 1.54) is 0 Å². The molecule has 0 saturated carbocycles. The van der Waals surface area contributed by atoms with Crippen LogP contribution in [0.4, 0.5) is 0 Å². The fourth-order valence-corrected chi connectivity index (χ4v) is 1.65. The lowest BCUT2D eigenvalue weighted by atomic mass is 10.1. The molecule has 0 rings (SSSR count). The Labute approximate surface area is 80.7 Å². The van der Waals surface area contributed by atoms with E-state index < -0.39 is 5.97 Å². The van der Waals surface area contributed by atoms with Gasteiger partial charge in [-0.15, -0.1) is 0 Å². The Morgan fingerprint density at radius 2 is 1.77 bits per heavy atom. The molecule has 13 heavy (non-hydrogen) atoms. The van der Waals surface area contributed by atoms with E-state index in [1.807, 2.05) is 18.7 Å². The van der Waals surface area contributed by atoms with E-state index in [1.54, 1.807) is 0 Å². The summed E-state index contributed by atoms with van der Waals surface area (Å²) in [6.07, 6.45) is 2.03. The van der Waals surface area contributed by atoms with Crippen LogP contribution in [-0.4, -0.2) is 34.6 Å². The van der Waals surface area contributed by atoms with Crippen molar-refractivity contribution in [2.45, 2.75) is 52.6 Å². The molecule has 0 aliphatic carbocycles. The summed E-state index contributed by atoms with van der Waals surface area (Å²) in [7, 11) is 0.